The topological polar surface area (TPSA) is 64.3 Å². The van der Waals surface area contributed by atoms with Crippen LogP contribution in [0.5, 0.6) is 0 Å². The van der Waals surface area contributed by atoms with Crippen LogP contribution in [0, 0.1) is 18.3 Å². The molecule has 0 saturated heterocycles. The van der Waals surface area contributed by atoms with E-state index in [1.807, 2.05) is 32.9 Å². The first-order chi connectivity index (χ1) is 8.97. The fourth-order valence-electron chi connectivity index (χ4n) is 2.16. The number of nitrogens with zero attached hydrogens (tertiary/aromatic N) is 2. The number of aliphatic carboxylic acids is 1. The van der Waals surface area contributed by atoms with Crippen molar-refractivity contribution < 1.29 is 9.90 Å². The average Bonchev–Trinajstić information content (AvgIpc) is 2.34. The van der Waals surface area contributed by atoms with Gasteiger partial charge in [0.2, 0.25) is 0 Å². The Morgan fingerprint density at radius 1 is 1.47 bits per heavy atom. The lowest BCUT2D eigenvalue weighted by atomic mass is 10.1. The highest BCUT2D eigenvalue weighted by molar-refractivity contribution is 5.67. The number of carboxylic acids is 1. The SMILES string of the molecule is Cc1cccc(C#N)c1N(CCCC(=O)O)C(C)C. The summed E-state index contributed by atoms with van der Waals surface area (Å²) in [6, 6.07) is 8.08. The molecule has 1 rings (SSSR count). The first kappa shape index (κ1) is 15.0. The lowest BCUT2D eigenvalue weighted by Gasteiger charge is -2.31. The van der Waals surface area contributed by atoms with Crippen LogP contribution in [-0.2, 0) is 4.79 Å². The third-order valence-corrected chi connectivity index (χ3v) is 3.06. The maximum Gasteiger partial charge on any atom is 0.303 e. The predicted octanol–water partition coefficient (Wildman–Crippen LogP) is 2.95. The highest BCUT2D eigenvalue weighted by Crippen LogP contribution is 2.26. The minimum atomic E-state index is -0.783. The standard InChI is InChI=1S/C15H20N2O2/c1-11(2)17(9-5-8-14(18)19)15-12(3)6-4-7-13(15)10-16/h4,6-7,11H,5,8-9H2,1-3H3,(H,18,19). The van der Waals surface area contributed by atoms with Gasteiger partial charge in [-0.15, -0.1) is 0 Å². The zero-order chi connectivity index (χ0) is 14.4. The molecule has 102 valence electrons. The van der Waals surface area contributed by atoms with E-state index in [0.717, 1.165) is 11.3 Å². The third-order valence-electron chi connectivity index (χ3n) is 3.06. The van der Waals surface area contributed by atoms with Crippen molar-refractivity contribution in [3.05, 3.63) is 29.3 Å². The molecular formula is C15H20N2O2. The molecule has 0 fully saturated rings. The van der Waals surface area contributed by atoms with Crippen molar-refractivity contribution in [3.8, 4) is 6.07 Å². The second-order valence-electron chi connectivity index (χ2n) is 4.87. The van der Waals surface area contributed by atoms with Crippen molar-refractivity contribution >= 4 is 11.7 Å². The van der Waals surface area contributed by atoms with Crippen molar-refractivity contribution in [2.24, 2.45) is 0 Å². The van der Waals surface area contributed by atoms with Crippen LogP contribution in [0.2, 0.25) is 0 Å². The molecule has 0 aliphatic heterocycles. The molecule has 0 amide bonds. The lowest BCUT2D eigenvalue weighted by Crippen LogP contribution is -2.33. The largest absolute Gasteiger partial charge is 0.481 e. The predicted molar refractivity (Wildman–Crippen MR) is 75.2 cm³/mol. The molecule has 0 bridgehead atoms. The summed E-state index contributed by atoms with van der Waals surface area (Å²) in [6.45, 7) is 6.72. The molecule has 1 aromatic rings. The van der Waals surface area contributed by atoms with E-state index in [0.29, 0.717) is 18.5 Å². The number of aryl methyl sites for hydroxylation is 1. The summed E-state index contributed by atoms with van der Waals surface area (Å²) in [7, 11) is 0. The molecule has 1 N–H and O–H groups in total. The molecular weight excluding hydrogens is 240 g/mol. The molecule has 0 spiro atoms. The van der Waals surface area contributed by atoms with Crippen LogP contribution in [-0.4, -0.2) is 23.7 Å². The second-order valence-corrected chi connectivity index (χ2v) is 4.87. The number of carbonyl (C=O) groups is 1. The highest BCUT2D eigenvalue weighted by Gasteiger charge is 2.16. The Bertz CT molecular complexity index is 489. The normalized spacial score (nSPS) is 10.3. The van der Waals surface area contributed by atoms with E-state index in [4.69, 9.17) is 5.11 Å². The number of para-hydroxylation sites is 1. The summed E-state index contributed by atoms with van der Waals surface area (Å²) in [4.78, 5) is 12.7. The van der Waals surface area contributed by atoms with Crippen LogP contribution in [0.4, 0.5) is 5.69 Å². The van der Waals surface area contributed by atoms with Crippen molar-refractivity contribution in [2.75, 3.05) is 11.4 Å². The lowest BCUT2D eigenvalue weighted by molar-refractivity contribution is -0.137. The van der Waals surface area contributed by atoms with Gasteiger partial charge in [0.05, 0.1) is 11.3 Å². The zero-order valence-electron chi connectivity index (χ0n) is 11.7. The monoisotopic (exact) mass is 260 g/mol. The van der Waals surface area contributed by atoms with Gasteiger partial charge < -0.3 is 10.0 Å². The molecule has 1 aromatic carbocycles. The van der Waals surface area contributed by atoms with E-state index >= 15 is 0 Å². The van der Waals surface area contributed by atoms with Crippen LogP contribution in [0.1, 0.15) is 37.8 Å². The number of carboxylic acid groups (broad SMARTS) is 1. The Hall–Kier alpha value is -2.02. The van der Waals surface area contributed by atoms with Crippen molar-refractivity contribution in [2.45, 2.75) is 39.7 Å². The number of hydrogen-bond donors (Lipinski definition) is 1. The maximum atomic E-state index is 10.6. The van der Waals surface area contributed by atoms with Gasteiger partial charge in [-0.25, -0.2) is 0 Å². The van der Waals surface area contributed by atoms with E-state index in [2.05, 4.69) is 11.0 Å². The van der Waals surface area contributed by atoms with Gasteiger partial charge in [-0.05, 0) is 38.8 Å². The molecule has 4 nitrogen and oxygen atoms in total. The van der Waals surface area contributed by atoms with Crippen LogP contribution >= 0.6 is 0 Å². The van der Waals surface area contributed by atoms with Gasteiger partial charge in [0, 0.05) is 19.0 Å². The molecule has 0 saturated carbocycles. The van der Waals surface area contributed by atoms with Gasteiger partial charge in [0.25, 0.3) is 0 Å². The number of rotatable bonds is 6. The first-order valence-corrected chi connectivity index (χ1v) is 6.45. The molecule has 19 heavy (non-hydrogen) atoms. The Morgan fingerprint density at radius 2 is 2.16 bits per heavy atom. The molecule has 0 aromatic heterocycles. The Morgan fingerprint density at radius 3 is 2.68 bits per heavy atom. The summed E-state index contributed by atoms with van der Waals surface area (Å²) >= 11 is 0. The first-order valence-electron chi connectivity index (χ1n) is 6.45. The minimum absolute atomic E-state index is 0.150. The van der Waals surface area contributed by atoms with Crippen LogP contribution < -0.4 is 4.90 Å². The van der Waals surface area contributed by atoms with E-state index < -0.39 is 5.97 Å². The van der Waals surface area contributed by atoms with Gasteiger partial charge in [0.15, 0.2) is 0 Å². The van der Waals surface area contributed by atoms with Crippen molar-refractivity contribution in [3.63, 3.8) is 0 Å². The van der Waals surface area contributed by atoms with E-state index in [-0.39, 0.29) is 12.5 Å². The smallest absolute Gasteiger partial charge is 0.303 e. The summed E-state index contributed by atoms with van der Waals surface area (Å²) in [6.07, 6.45) is 0.726. The molecule has 0 aliphatic carbocycles. The minimum Gasteiger partial charge on any atom is -0.481 e. The number of benzene rings is 1. The fourth-order valence-corrected chi connectivity index (χ4v) is 2.16. The summed E-state index contributed by atoms with van der Waals surface area (Å²) in [5.41, 5.74) is 2.61. The van der Waals surface area contributed by atoms with E-state index in [1.54, 1.807) is 6.07 Å². The molecule has 0 atom stereocenters. The number of anilines is 1. The van der Waals surface area contributed by atoms with Gasteiger partial charge >= 0.3 is 5.97 Å². The average molecular weight is 260 g/mol. The van der Waals surface area contributed by atoms with Gasteiger partial charge in [-0.2, -0.15) is 5.26 Å². The van der Waals surface area contributed by atoms with E-state index in [9.17, 15) is 10.1 Å². The number of hydrogen-bond acceptors (Lipinski definition) is 3. The van der Waals surface area contributed by atoms with Crippen molar-refractivity contribution in [1.29, 1.82) is 5.26 Å². The Labute approximate surface area is 114 Å². The molecule has 0 radical (unpaired) electrons. The Kier molecular flexibility index (Phi) is 5.37. The quantitative estimate of drug-likeness (QED) is 0.854. The van der Waals surface area contributed by atoms with Crippen LogP contribution in [0.3, 0.4) is 0 Å². The van der Waals surface area contributed by atoms with E-state index in [1.165, 1.54) is 0 Å². The highest BCUT2D eigenvalue weighted by atomic mass is 16.4. The van der Waals surface area contributed by atoms with Gasteiger partial charge in [0.1, 0.15) is 6.07 Å². The molecule has 0 aliphatic rings. The fraction of sp³-hybridized carbons (Fsp3) is 0.467. The molecule has 4 heteroatoms. The molecule has 0 heterocycles. The van der Waals surface area contributed by atoms with Gasteiger partial charge in [-0.1, -0.05) is 12.1 Å². The third kappa shape index (κ3) is 3.99. The molecule has 0 unspecified atom stereocenters. The van der Waals surface area contributed by atoms with Crippen LogP contribution in [0.15, 0.2) is 18.2 Å². The second kappa shape index (κ2) is 6.79. The zero-order valence-corrected chi connectivity index (χ0v) is 11.7. The Balaban J connectivity index is 3.00. The van der Waals surface area contributed by atoms with Crippen LogP contribution in [0.25, 0.3) is 0 Å². The summed E-state index contributed by atoms with van der Waals surface area (Å²) < 4.78 is 0. The number of nitriles is 1. The maximum absolute atomic E-state index is 10.6. The summed E-state index contributed by atoms with van der Waals surface area (Å²) in [5, 5.41) is 17.9. The van der Waals surface area contributed by atoms with Gasteiger partial charge in [-0.3, -0.25) is 4.79 Å². The van der Waals surface area contributed by atoms with Crippen molar-refractivity contribution in [1.82, 2.24) is 0 Å². The summed E-state index contributed by atoms with van der Waals surface area (Å²) in [5.74, 6) is -0.783.